The number of hydrogen-bond donors (Lipinski definition) is 3. The third kappa shape index (κ3) is 3.42. The van der Waals surface area contributed by atoms with Crippen molar-refractivity contribution in [2.75, 3.05) is 6.61 Å². The third-order valence-corrected chi connectivity index (χ3v) is 7.53. The Hall–Kier alpha value is -2.31. The van der Waals surface area contributed by atoms with E-state index in [9.17, 15) is 15.0 Å². The number of aliphatic hydroxyl groups excluding tert-OH is 2. The van der Waals surface area contributed by atoms with Gasteiger partial charge in [-0.15, -0.1) is 0 Å². The van der Waals surface area contributed by atoms with Crippen molar-refractivity contribution < 1.29 is 19.4 Å². The van der Waals surface area contributed by atoms with E-state index in [2.05, 4.69) is 13.5 Å². The number of fused-ring (bicyclic) bond motifs is 4. The van der Waals surface area contributed by atoms with Crippen LogP contribution < -0.4 is 16.1 Å². The van der Waals surface area contributed by atoms with Gasteiger partial charge in [0.25, 0.3) is 0 Å². The van der Waals surface area contributed by atoms with Gasteiger partial charge in [0.05, 0.1) is 11.7 Å². The summed E-state index contributed by atoms with van der Waals surface area (Å²) in [4.78, 5) is 12.9. The van der Waals surface area contributed by atoms with Crippen molar-refractivity contribution in [3.05, 3.63) is 58.8 Å². The Morgan fingerprint density at radius 1 is 1.37 bits per heavy atom. The standard InChI is InChI=1S/C24H31NO5/c1-3-4-5-14(12-25)21-11-22-17(23(28)29-21)10-19-16-6-7-20(27)18(13-26)15(16)8-9-24(19,2)30-22/h3-5,11-12,15-16,18-20,26-27H,1,6-10,13,25H2,2H3/b5-4-,14-12+/t15-,16?,18+,19?,20+,24-/m1/s1. The number of nitrogens with two attached hydrogens (primary N) is 1. The third-order valence-electron chi connectivity index (χ3n) is 7.53. The predicted molar refractivity (Wildman–Crippen MR) is 115 cm³/mol. The Morgan fingerprint density at radius 2 is 2.17 bits per heavy atom. The lowest BCUT2D eigenvalue weighted by atomic mass is 9.55. The fourth-order valence-corrected chi connectivity index (χ4v) is 5.94. The maximum Gasteiger partial charge on any atom is 0.343 e. The molecular formula is C24H31NO5. The van der Waals surface area contributed by atoms with Gasteiger partial charge in [-0.2, -0.15) is 0 Å². The van der Waals surface area contributed by atoms with E-state index >= 15 is 0 Å². The number of rotatable bonds is 4. The molecule has 4 N–H and O–H groups in total. The van der Waals surface area contributed by atoms with Crippen LogP contribution in [0.15, 0.2) is 46.3 Å². The van der Waals surface area contributed by atoms with Crippen LogP contribution in [0.3, 0.4) is 0 Å². The van der Waals surface area contributed by atoms with Crippen molar-refractivity contribution in [1.29, 1.82) is 0 Å². The van der Waals surface area contributed by atoms with Gasteiger partial charge in [0.15, 0.2) is 0 Å². The average Bonchev–Trinajstić information content (AvgIpc) is 2.72. The van der Waals surface area contributed by atoms with Gasteiger partial charge in [0.1, 0.15) is 17.1 Å². The van der Waals surface area contributed by atoms with E-state index in [1.54, 1.807) is 24.3 Å². The van der Waals surface area contributed by atoms with E-state index in [0.29, 0.717) is 41.4 Å². The first-order valence-corrected chi connectivity index (χ1v) is 10.8. The van der Waals surface area contributed by atoms with Crippen LogP contribution in [-0.4, -0.2) is 28.5 Å². The second-order valence-corrected chi connectivity index (χ2v) is 9.04. The molecule has 0 spiro atoms. The summed E-state index contributed by atoms with van der Waals surface area (Å²) < 4.78 is 12.1. The first kappa shape index (κ1) is 20.9. The van der Waals surface area contributed by atoms with E-state index < -0.39 is 11.7 Å². The molecule has 2 saturated carbocycles. The molecule has 2 aliphatic carbocycles. The van der Waals surface area contributed by atoms with Crippen LogP contribution in [0, 0.1) is 23.7 Å². The van der Waals surface area contributed by atoms with Gasteiger partial charge in [-0.25, -0.2) is 4.79 Å². The summed E-state index contributed by atoms with van der Waals surface area (Å²) in [5.41, 5.74) is 6.10. The fraction of sp³-hybridized carbons (Fsp3) is 0.542. The molecule has 4 rings (SSSR count). The minimum atomic E-state index is -0.449. The molecule has 0 saturated heterocycles. The minimum absolute atomic E-state index is 0.00113. The van der Waals surface area contributed by atoms with Crippen LogP contribution in [0.4, 0.5) is 0 Å². The van der Waals surface area contributed by atoms with Crippen LogP contribution in [0.2, 0.25) is 0 Å². The molecule has 1 aromatic heterocycles. The van der Waals surface area contributed by atoms with Gasteiger partial charge >= 0.3 is 5.63 Å². The summed E-state index contributed by atoms with van der Waals surface area (Å²) in [6.07, 6.45) is 9.92. The molecule has 30 heavy (non-hydrogen) atoms. The highest BCUT2D eigenvalue weighted by atomic mass is 16.5. The summed E-state index contributed by atoms with van der Waals surface area (Å²) in [7, 11) is 0. The molecule has 2 fully saturated rings. The fourth-order valence-electron chi connectivity index (χ4n) is 5.94. The number of hydrogen-bond acceptors (Lipinski definition) is 6. The zero-order valence-corrected chi connectivity index (χ0v) is 17.4. The molecular weight excluding hydrogens is 382 g/mol. The normalized spacial score (nSPS) is 35.8. The quantitative estimate of drug-likeness (QED) is 0.656. The molecule has 0 amide bonds. The number of aliphatic hydroxyl groups is 2. The lowest BCUT2D eigenvalue weighted by Gasteiger charge is -2.55. The molecule has 1 aromatic rings. The van der Waals surface area contributed by atoms with Crippen molar-refractivity contribution in [3.8, 4) is 5.75 Å². The number of allylic oxidation sites excluding steroid dienone is 4. The largest absolute Gasteiger partial charge is 0.487 e. The monoisotopic (exact) mass is 413 g/mol. The summed E-state index contributed by atoms with van der Waals surface area (Å²) in [5, 5.41) is 20.2. The van der Waals surface area contributed by atoms with Gasteiger partial charge in [0.2, 0.25) is 0 Å². The van der Waals surface area contributed by atoms with Crippen molar-refractivity contribution in [1.82, 2.24) is 0 Å². The van der Waals surface area contributed by atoms with Gasteiger partial charge in [-0.05, 0) is 56.9 Å². The molecule has 2 unspecified atom stereocenters. The molecule has 1 aliphatic heterocycles. The lowest BCUT2D eigenvalue weighted by Crippen LogP contribution is -2.57. The number of ether oxygens (including phenoxy) is 1. The van der Waals surface area contributed by atoms with Gasteiger partial charge in [0, 0.05) is 36.3 Å². The maximum absolute atomic E-state index is 12.9. The van der Waals surface area contributed by atoms with E-state index in [-0.39, 0.29) is 30.0 Å². The van der Waals surface area contributed by atoms with E-state index in [1.807, 2.05) is 0 Å². The highest BCUT2D eigenvalue weighted by Crippen LogP contribution is 2.54. The molecule has 2 heterocycles. The van der Waals surface area contributed by atoms with Gasteiger partial charge in [-0.1, -0.05) is 18.7 Å². The minimum Gasteiger partial charge on any atom is -0.487 e. The molecule has 6 atom stereocenters. The molecule has 6 heteroatoms. The Balaban J connectivity index is 1.69. The molecule has 162 valence electrons. The highest BCUT2D eigenvalue weighted by molar-refractivity contribution is 5.71. The van der Waals surface area contributed by atoms with Crippen LogP contribution in [0.5, 0.6) is 5.75 Å². The second kappa shape index (κ2) is 8.08. The Labute approximate surface area is 176 Å². The summed E-state index contributed by atoms with van der Waals surface area (Å²) >= 11 is 0. The molecule has 0 aromatic carbocycles. The molecule has 3 aliphatic rings. The summed E-state index contributed by atoms with van der Waals surface area (Å²) in [6, 6.07) is 1.76. The average molecular weight is 414 g/mol. The van der Waals surface area contributed by atoms with Crippen LogP contribution in [-0.2, 0) is 6.42 Å². The van der Waals surface area contributed by atoms with Crippen molar-refractivity contribution >= 4 is 5.57 Å². The Morgan fingerprint density at radius 3 is 2.87 bits per heavy atom. The van der Waals surface area contributed by atoms with Crippen LogP contribution >= 0.6 is 0 Å². The molecule has 0 bridgehead atoms. The zero-order chi connectivity index (χ0) is 21.5. The van der Waals surface area contributed by atoms with Gasteiger partial charge in [-0.3, -0.25) is 0 Å². The molecule has 6 nitrogen and oxygen atoms in total. The van der Waals surface area contributed by atoms with Crippen LogP contribution in [0.1, 0.15) is 43.9 Å². The lowest BCUT2D eigenvalue weighted by molar-refractivity contribution is -0.127. The van der Waals surface area contributed by atoms with E-state index in [0.717, 1.165) is 19.3 Å². The first-order valence-electron chi connectivity index (χ1n) is 10.8. The zero-order valence-electron chi connectivity index (χ0n) is 17.4. The molecule has 0 radical (unpaired) electrons. The van der Waals surface area contributed by atoms with Crippen LogP contribution in [0.25, 0.3) is 5.57 Å². The summed E-state index contributed by atoms with van der Waals surface area (Å²) in [6.45, 7) is 5.78. The SMILES string of the molecule is C=C/C=C\C(=C/N)c1cc2c(c(=O)o1)CC1C3CC[C@H](O)[C@@H](CO)[C@@H]3CC[C@@]1(C)O2. The summed E-state index contributed by atoms with van der Waals surface area (Å²) in [5.74, 6) is 1.57. The Kier molecular flexibility index (Phi) is 5.64. The van der Waals surface area contributed by atoms with Crippen molar-refractivity contribution in [3.63, 3.8) is 0 Å². The maximum atomic E-state index is 12.9. The van der Waals surface area contributed by atoms with Gasteiger partial charge < -0.3 is 25.1 Å². The smallest absolute Gasteiger partial charge is 0.343 e. The second-order valence-electron chi connectivity index (χ2n) is 9.04. The van der Waals surface area contributed by atoms with E-state index in [1.165, 1.54) is 6.20 Å². The van der Waals surface area contributed by atoms with Crippen molar-refractivity contribution in [2.45, 2.75) is 50.7 Å². The van der Waals surface area contributed by atoms with Crippen molar-refractivity contribution in [2.24, 2.45) is 29.4 Å². The van der Waals surface area contributed by atoms with E-state index in [4.69, 9.17) is 14.9 Å². The predicted octanol–water partition coefficient (Wildman–Crippen LogP) is 2.78. The first-order chi connectivity index (χ1) is 14.4. The topological polar surface area (TPSA) is 106 Å². The highest BCUT2D eigenvalue weighted by Gasteiger charge is 2.54. The Bertz CT molecular complexity index is 932.